The molecule has 0 N–H and O–H groups in total. The van der Waals surface area contributed by atoms with Crippen LogP contribution in [-0.2, 0) is 16.4 Å². The van der Waals surface area contributed by atoms with Crippen molar-refractivity contribution in [1.82, 2.24) is 19.4 Å². The standard InChI is InChI=1S/C19H19FN4O3S/c20-15-3-6-17(7-4-15)28(25,26)24-13-1-2-16(24)5-8-18-22-19(27-23-18)14-9-11-21-12-10-14/h3-4,6-7,9-12,16H,1-2,5,8,13H2. The first-order chi connectivity index (χ1) is 13.5. The van der Waals surface area contributed by atoms with Gasteiger partial charge in [0.15, 0.2) is 5.82 Å². The molecule has 1 aromatic carbocycles. The molecule has 0 saturated carbocycles. The number of nitrogens with zero attached hydrogens (tertiary/aromatic N) is 4. The van der Waals surface area contributed by atoms with E-state index < -0.39 is 15.8 Å². The summed E-state index contributed by atoms with van der Waals surface area (Å²) in [6, 6.07) is 8.37. The maximum absolute atomic E-state index is 13.1. The van der Waals surface area contributed by atoms with Gasteiger partial charge >= 0.3 is 0 Å². The van der Waals surface area contributed by atoms with Crippen LogP contribution in [0.5, 0.6) is 0 Å². The van der Waals surface area contributed by atoms with Crippen LogP contribution in [-0.4, -0.2) is 40.4 Å². The predicted molar refractivity (Wildman–Crippen MR) is 99.2 cm³/mol. The highest BCUT2D eigenvalue weighted by Gasteiger charge is 2.35. The Morgan fingerprint density at radius 1 is 1.14 bits per heavy atom. The fourth-order valence-corrected chi connectivity index (χ4v) is 5.14. The van der Waals surface area contributed by atoms with Crippen LogP contribution in [0.25, 0.3) is 11.5 Å². The Balaban J connectivity index is 1.45. The molecule has 1 saturated heterocycles. The Kier molecular flexibility index (Phi) is 5.19. The third kappa shape index (κ3) is 3.81. The Bertz CT molecular complexity index is 1040. The van der Waals surface area contributed by atoms with Crippen molar-refractivity contribution in [3.8, 4) is 11.5 Å². The van der Waals surface area contributed by atoms with Gasteiger partial charge in [-0.05, 0) is 55.7 Å². The van der Waals surface area contributed by atoms with Gasteiger partial charge in [-0.15, -0.1) is 0 Å². The third-order valence-electron chi connectivity index (χ3n) is 4.84. The fourth-order valence-electron chi connectivity index (χ4n) is 3.42. The van der Waals surface area contributed by atoms with Crippen molar-refractivity contribution >= 4 is 10.0 Å². The van der Waals surface area contributed by atoms with E-state index in [-0.39, 0.29) is 10.9 Å². The normalized spacial score (nSPS) is 17.8. The van der Waals surface area contributed by atoms with Crippen molar-refractivity contribution in [3.63, 3.8) is 0 Å². The van der Waals surface area contributed by atoms with E-state index in [1.54, 1.807) is 24.5 Å². The first kappa shape index (κ1) is 18.7. The number of aromatic nitrogens is 3. The van der Waals surface area contributed by atoms with Crippen LogP contribution in [0.1, 0.15) is 25.1 Å². The molecule has 0 spiro atoms. The van der Waals surface area contributed by atoms with E-state index in [4.69, 9.17) is 4.52 Å². The minimum atomic E-state index is -3.65. The van der Waals surface area contributed by atoms with E-state index in [9.17, 15) is 12.8 Å². The molecule has 1 aliphatic rings. The summed E-state index contributed by atoms with van der Waals surface area (Å²) in [5, 5.41) is 3.99. The van der Waals surface area contributed by atoms with Crippen molar-refractivity contribution < 1.29 is 17.3 Å². The van der Waals surface area contributed by atoms with Crippen LogP contribution in [0.15, 0.2) is 58.2 Å². The predicted octanol–water partition coefficient (Wildman–Crippen LogP) is 3.06. The van der Waals surface area contributed by atoms with Crippen LogP contribution in [0.2, 0.25) is 0 Å². The Morgan fingerprint density at radius 3 is 2.64 bits per heavy atom. The smallest absolute Gasteiger partial charge is 0.258 e. The largest absolute Gasteiger partial charge is 0.334 e. The van der Waals surface area contributed by atoms with Gasteiger partial charge in [0.25, 0.3) is 5.89 Å². The average Bonchev–Trinajstić information content (AvgIpc) is 3.37. The lowest BCUT2D eigenvalue weighted by Gasteiger charge is -2.23. The molecule has 28 heavy (non-hydrogen) atoms. The van der Waals surface area contributed by atoms with Gasteiger partial charge in [-0.3, -0.25) is 4.98 Å². The van der Waals surface area contributed by atoms with Gasteiger partial charge in [-0.2, -0.15) is 9.29 Å². The third-order valence-corrected chi connectivity index (χ3v) is 6.81. The summed E-state index contributed by atoms with van der Waals surface area (Å²) in [7, 11) is -3.65. The lowest BCUT2D eigenvalue weighted by Crippen LogP contribution is -2.35. The van der Waals surface area contributed by atoms with Gasteiger partial charge in [-0.1, -0.05) is 5.16 Å². The molecule has 1 atom stereocenters. The highest BCUT2D eigenvalue weighted by molar-refractivity contribution is 7.89. The molecule has 9 heteroatoms. The van der Waals surface area contributed by atoms with Crippen LogP contribution in [0.3, 0.4) is 0 Å². The molecule has 0 bridgehead atoms. The lowest BCUT2D eigenvalue weighted by atomic mass is 10.1. The van der Waals surface area contributed by atoms with E-state index in [0.29, 0.717) is 31.1 Å². The highest BCUT2D eigenvalue weighted by atomic mass is 32.2. The summed E-state index contributed by atoms with van der Waals surface area (Å²) in [4.78, 5) is 8.45. The molecule has 146 valence electrons. The summed E-state index contributed by atoms with van der Waals surface area (Å²) in [6.45, 7) is 0.457. The van der Waals surface area contributed by atoms with Gasteiger partial charge in [0.2, 0.25) is 10.0 Å². The van der Waals surface area contributed by atoms with E-state index in [1.807, 2.05) is 0 Å². The van der Waals surface area contributed by atoms with Crippen LogP contribution in [0, 0.1) is 5.82 Å². The van der Waals surface area contributed by atoms with Crippen LogP contribution >= 0.6 is 0 Å². The molecule has 0 amide bonds. The molecule has 1 unspecified atom stereocenters. The fraction of sp³-hybridized carbons (Fsp3) is 0.316. The molecule has 1 aliphatic heterocycles. The number of halogens is 1. The molecule has 7 nitrogen and oxygen atoms in total. The first-order valence-electron chi connectivity index (χ1n) is 9.04. The van der Waals surface area contributed by atoms with Crippen molar-refractivity contribution in [2.45, 2.75) is 36.6 Å². The van der Waals surface area contributed by atoms with Crippen molar-refractivity contribution in [2.75, 3.05) is 6.54 Å². The van der Waals surface area contributed by atoms with Gasteiger partial charge in [0.1, 0.15) is 5.82 Å². The summed E-state index contributed by atoms with van der Waals surface area (Å²) in [5.74, 6) is 0.497. The summed E-state index contributed by atoms with van der Waals surface area (Å²) in [6.07, 6.45) is 5.96. The molecule has 0 radical (unpaired) electrons. The second-order valence-corrected chi connectivity index (χ2v) is 8.55. The summed E-state index contributed by atoms with van der Waals surface area (Å²) < 4.78 is 45.7. The number of pyridine rings is 1. The van der Waals surface area contributed by atoms with Crippen LogP contribution in [0.4, 0.5) is 4.39 Å². The molecule has 0 aliphatic carbocycles. The molecule has 2 aromatic heterocycles. The molecular weight excluding hydrogens is 383 g/mol. The zero-order valence-electron chi connectivity index (χ0n) is 15.0. The van der Waals surface area contributed by atoms with Crippen molar-refractivity contribution in [2.24, 2.45) is 0 Å². The van der Waals surface area contributed by atoms with Crippen LogP contribution < -0.4 is 0 Å². The zero-order chi connectivity index (χ0) is 19.6. The SMILES string of the molecule is O=S(=O)(c1ccc(F)cc1)N1CCCC1CCc1noc(-c2ccncc2)n1. The maximum Gasteiger partial charge on any atom is 0.258 e. The average molecular weight is 402 g/mol. The molecule has 1 fully saturated rings. The highest BCUT2D eigenvalue weighted by Crippen LogP contribution is 2.29. The maximum atomic E-state index is 13.1. The van der Waals surface area contributed by atoms with Gasteiger partial charge in [-0.25, -0.2) is 12.8 Å². The monoisotopic (exact) mass is 402 g/mol. The summed E-state index contributed by atoms with van der Waals surface area (Å²) in [5.41, 5.74) is 0.787. The Labute approximate surface area is 162 Å². The lowest BCUT2D eigenvalue weighted by molar-refractivity contribution is 0.364. The number of benzene rings is 1. The van der Waals surface area contributed by atoms with E-state index in [1.165, 1.54) is 16.4 Å². The first-order valence-corrected chi connectivity index (χ1v) is 10.5. The number of hydrogen-bond acceptors (Lipinski definition) is 6. The number of sulfonamides is 1. The zero-order valence-corrected chi connectivity index (χ0v) is 15.8. The van der Waals surface area contributed by atoms with Gasteiger partial charge in [0.05, 0.1) is 4.90 Å². The number of rotatable bonds is 6. The minimum Gasteiger partial charge on any atom is -0.334 e. The molecule has 3 heterocycles. The number of aryl methyl sites for hydroxylation is 1. The van der Waals surface area contributed by atoms with Crippen molar-refractivity contribution in [1.29, 1.82) is 0 Å². The quantitative estimate of drug-likeness (QED) is 0.630. The molecule has 4 rings (SSSR count). The Hall–Kier alpha value is -2.65. The van der Waals surface area contributed by atoms with E-state index in [2.05, 4.69) is 15.1 Å². The van der Waals surface area contributed by atoms with Gasteiger partial charge in [0, 0.05) is 37.0 Å². The van der Waals surface area contributed by atoms with E-state index >= 15 is 0 Å². The Morgan fingerprint density at radius 2 is 1.89 bits per heavy atom. The van der Waals surface area contributed by atoms with Gasteiger partial charge < -0.3 is 4.52 Å². The second-order valence-electron chi connectivity index (χ2n) is 6.66. The second kappa shape index (κ2) is 7.76. The molecule has 3 aromatic rings. The number of hydrogen-bond donors (Lipinski definition) is 0. The minimum absolute atomic E-state index is 0.111. The summed E-state index contributed by atoms with van der Waals surface area (Å²) >= 11 is 0. The molecular formula is C19H19FN4O3S. The van der Waals surface area contributed by atoms with Crippen molar-refractivity contribution in [3.05, 3.63) is 60.4 Å². The van der Waals surface area contributed by atoms with E-state index in [0.717, 1.165) is 30.5 Å². The topological polar surface area (TPSA) is 89.2 Å².